The van der Waals surface area contributed by atoms with E-state index in [1.165, 1.54) is 12.1 Å². The van der Waals surface area contributed by atoms with Crippen molar-refractivity contribution >= 4 is 5.91 Å². The first-order chi connectivity index (χ1) is 17.7. The maximum atomic E-state index is 13.8. The van der Waals surface area contributed by atoms with E-state index >= 15 is 0 Å². The third-order valence-corrected chi connectivity index (χ3v) is 6.65. The highest BCUT2D eigenvalue weighted by molar-refractivity contribution is 5.85. The van der Waals surface area contributed by atoms with Crippen molar-refractivity contribution in [1.29, 1.82) is 5.26 Å². The number of halogens is 1. The molecule has 4 rings (SSSR count). The standard InChI is InChI=1S/C28H33FN2O6/c1-27(2)36-24-15-28(26(32)31-11-12-33-3,35-17-19-7-6-10-22(29)13-19)14-23(25(24)37-27)34-18-21-9-5-4-8-20(21)16-30/h4-10,13,23-25H,11-12,14-15,17-18H2,1-3H3,(H,31,32)/t23?,24-,25+,28-/m1/s1. The fourth-order valence-electron chi connectivity index (χ4n) is 4.94. The smallest absolute Gasteiger partial charge is 0.252 e. The van der Waals surface area contributed by atoms with Crippen molar-refractivity contribution in [3.63, 3.8) is 0 Å². The lowest BCUT2D eigenvalue weighted by molar-refractivity contribution is -0.183. The summed E-state index contributed by atoms with van der Waals surface area (Å²) in [5.74, 6) is -1.57. The zero-order valence-electron chi connectivity index (χ0n) is 21.4. The number of rotatable bonds is 10. The zero-order chi connectivity index (χ0) is 26.5. The van der Waals surface area contributed by atoms with Crippen molar-refractivity contribution in [2.24, 2.45) is 0 Å². The fourth-order valence-corrected chi connectivity index (χ4v) is 4.94. The molecule has 1 saturated carbocycles. The van der Waals surface area contributed by atoms with Crippen molar-refractivity contribution in [2.75, 3.05) is 20.3 Å². The number of methoxy groups -OCH3 is 1. The van der Waals surface area contributed by atoms with Gasteiger partial charge in [-0.3, -0.25) is 4.79 Å². The maximum absolute atomic E-state index is 13.8. The maximum Gasteiger partial charge on any atom is 0.252 e. The topological polar surface area (TPSA) is 99.0 Å². The zero-order valence-corrected chi connectivity index (χ0v) is 21.4. The Labute approximate surface area is 216 Å². The molecule has 0 radical (unpaired) electrons. The van der Waals surface area contributed by atoms with Gasteiger partial charge < -0.3 is 29.0 Å². The summed E-state index contributed by atoms with van der Waals surface area (Å²) in [4.78, 5) is 13.6. The second kappa shape index (κ2) is 11.7. The molecule has 1 aliphatic carbocycles. The quantitative estimate of drug-likeness (QED) is 0.486. The summed E-state index contributed by atoms with van der Waals surface area (Å²) in [6.07, 6.45) is -1.03. The number of carbonyl (C=O) groups is 1. The highest BCUT2D eigenvalue weighted by atomic mass is 19.1. The predicted octanol–water partition coefficient (Wildman–Crippen LogP) is 3.61. The number of nitrogens with one attached hydrogen (secondary N) is 1. The minimum Gasteiger partial charge on any atom is -0.383 e. The molecule has 198 valence electrons. The second-order valence-corrected chi connectivity index (χ2v) is 9.83. The molecule has 0 bridgehead atoms. The highest BCUT2D eigenvalue weighted by Gasteiger charge is 2.58. The van der Waals surface area contributed by atoms with Gasteiger partial charge >= 0.3 is 0 Å². The van der Waals surface area contributed by atoms with E-state index in [9.17, 15) is 14.4 Å². The summed E-state index contributed by atoms with van der Waals surface area (Å²) in [5.41, 5.74) is 0.547. The van der Waals surface area contributed by atoms with Crippen molar-refractivity contribution in [3.05, 3.63) is 71.0 Å². The SMILES string of the molecule is COCCNC(=O)[C@@]1(OCc2cccc(F)c2)CC(OCc2ccccc2C#N)[C@@H]2OC(C)(C)O[C@@H]2C1. The predicted molar refractivity (Wildman–Crippen MR) is 132 cm³/mol. The summed E-state index contributed by atoms with van der Waals surface area (Å²) in [7, 11) is 1.56. The second-order valence-electron chi connectivity index (χ2n) is 9.83. The Bertz CT molecular complexity index is 1140. The molecular formula is C28H33FN2O6. The van der Waals surface area contributed by atoms with Crippen LogP contribution in [0.5, 0.6) is 0 Å². The van der Waals surface area contributed by atoms with Gasteiger partial charge in [0.2, 0.25) is 0 Å². The van der Waals surface area contributed by atoms with Gasteiger partial charge in [-0.25, -0.2) is 4.39 Å². The minimum absolute atomic E-state index is 0.0288. The van der Waals surface area contributed by atoms with Crippen LogP contribution in [0.15, 0.2) is 48.5 Å². The molecule has 1 unspecified atom stereocenters. The molecule has 1 N–H and O–H groups in total. The number of hydrogen-bond acceptors (Lipinski definition) is 7. The van der Waals surface area contributed by atoms with E-state index in [4.69, 9.17) is 23.7 Å². The summed E-state index contributed by atoms with van der Waals surface area (Å²) >= 11 is 0. The Hall–Kier alpha value is -2.87. The monoisotopic (exact) mass is 512 g/mol. The van der Waals surface area contributed by atoms with Crippen LogP contribution in [0.2, 0.25) is 0 Å². The number of nitriles is 1. The Kier molecular flexibility index (Phi) is 8.57. The number of hydrogen-bond donors (Lipinski definition) is 1. The van der Waals surface area contributed by atoms with Crippen molar-refractivity contribution in [3.8, 4) is 6.07 Å². The number of amides is 1. The van der Waals surface area contributed by atoms with Crippen LogP contribution >= 0.6 is 0 Å². The molecule has 4 atom stereocenters. The van der Waals surface area contributed by atoms with E-state index in [2.05, 4.69) is 11.4 Å². The molecule has 9 heteroatoms. The molecule has 2 aromatic rings. The van der Waals surface area contributed by atoms with Gasteiger partial charge in [0.25, 0.3) is 5.91 Å². The van der Waals surface area contributed by atoms with Crippen LogP contribution in [0, 0.1) is 17.1 Å². The molecule has 2 aliphatic rings. The average Bonchev–Trinajstić information content (AvgIpc) is 3.20. The van der Waals surface area contributed by atoms with Gasteiger partial charge in [-0.2, -0.15) is 5.26 Å². The average molecular weight is 513 g/mol. The van der Waals surface area contributed by atoms with Crippen LogP contribution in [0.3, 0.4) is 0 Å². The molecule has 0 aromatic heterocycles. The summed E-state index contributed by atoms with van der Waals surface area (Å²) in [5, 5.41) is 12.4. The van der Waals surface area contributed by atoms with Crippen molar-refractivity contribution < 1.29 is 32.9 Å². The van der Waals surface area contributed by atoms with E-state index in [1.807, 2.05) is 26.0 Å². The molecule has 1 aliphatic heterocycles. The summed E-state index contributed by atoms with van der Waals surface area (Å²) in [6, 6.07) is 15.5. The Morgan fingerprint density at radius 2 is 1.97 bits per heavy atom. The third-order valence-electron chi connectivity index (χ3n) is 6.65. The fraction of sp³-hybridized carbons (Fsp3) is 0.500. The number of nitrogens with zero attached hydrogens (tertiary/aromatic N) is 1. The molecular weight excluding hydrogens is 479 g/mol. The van der Waals surface area contributed by atoms with E-state index in [0.717, 1.165) is 5.56 Å². The molecule has 37 heavy (non-hydrogen) atoms. The molecule has 8 nitrogen and oxygen atoms in total. The van der Waals surface area contributed by atoms with Gasteiger partial charge in [-0.05, 0) is 43.2 Å². The molecule has 1 heterocycles. The lowest BCUT2D eigenvalue weighted by atomic mass is 9.78. The molecule has 2 aromatic carbocycles. The van der Waals surface area contributed by atoms with Gasteiger partial charge in [0.15, 0.2) is 11.4 Å². The Balaban J connectivity index is 1.61. The number of ether oxygens (including phenoxy) is 5. The van der Waals surface area contributed by atoms with Crippen LogP contribution in [0.4, 0.5) is 4.39 Å². The summed E-state index contributed by atoms with van der Waals surface area (Å²) in [6.45, 7) is 4.48. The Morgan fingerprint density at radius 3 is 2.73 bits per heavy atom. The van der Waals surface area contributed by atoms with Gasteiger partial charge in [0.1, 0.15) is 11.9 Å². The van der Waals surface area contributed by atoms with Crippen molar-refractivity contribution in [2.45, 2.75) is 69.6 Å². The van der Waals surface area contributed by atoms with Crippen LogP contribution in [-0.2, 0) is 41.7 Å². The largest absolute Gasteiger partial charge is 0.383 e. The van der Waals surface area contributed by atoms with Crippen molar-refractivity contribution in [1.82, 2.24) is 5.32 Å². The molecule has 0 spiro atoms. The van der Waals surface area contributed by atoms with E-state index in [1.54, 1.807) is 31.4 Å². The first-order valence-corrected chi connectivity index (χ1v) is 12.4. The summed E-state index contributed by atoms with van der Waals surface area (Å²) < 4.78 is 43.9. The van der Waals surface area contributed by atoms with Gasteiger partial charge in [-0.1, -0.05) is 30.3 Å². The Morgan fingerprint density at radius 1 is 1.16 bits per heavy atom. The lowest BCUT2D eigenvalue weighted by Gasteiger charge is -2.43. The number of benzene rings is 2. The van der Waals surface area contributed by atoms with Crippen LogP contribution in [-0.4, -0.2) is 55.9 Å². The number of carbonyl (C=O) groups excluding carboxylic acids is 1. The molecule has 1 saturated heterocycles. The third kappa shape index (κ3) is 6.53. The van der Waals surface area contributed by atoms with Crippen LogP contribution in [0.25, 0.3) is 0 Å². The lowest BCUT2D eigenvalue weighted by Crippen LogP contribution is -2.60. The first kappa shape index (κ1) is 27.2. The highest BCUT2D eigenvalue weighted by Crippen LogP contribution is 2.44. The number of fused-ring (bicyclic) bond motifs is 1. The molecule has 1 amide bonds. The van der Waals surface area contributed by atoms with Gasteiger partial charge in [0.05, 0.1) is 43.7 Å². The van der Waals surface area contributed by atoms with E-state index in [0.29, 0.717) is 24.3 Å². The first-order valence-electron chi connectivity index (χ1n) is 12.4. The van der Waals surface area contributed by atoms with Crippen LogP contribution < -0.4 is 5.32 Å². The normalized spacial score (nSPS) is 26.3. The molecule has 2 fully saturated rings. The van der Waals surface area contributed by atoms with E-state index < -0.39 is 29.7 Å². The van der Waals surface area contributed by atoms with Gasteiger partial charge in [-0.15, -0.1) is 0 Å². The van der Waals surface area contributed by atoms with Crippen LogP contribution in [0.1, 0.15) is 43.4 Å². The van der Waals surface area contributed by atoms with Gasteiger partial charge in [0, 0.05) is 26.5 Å². The van der Waals surface area contributed by atoms with E-state index in [-0.39, 0.29) is 37.8 Å². The minimum atomic E-state index is -1.32.